The van der Waals surface area contributed by atoms with Gasteiger partial charge in [0.05, 0.1) is 5.60 Å². The molecule has 4 nitrogen and oxygen atoms in total. The van der Waals surface area contributed by atoms with Gasteiger partial charge in [0.2, 0.25) is 0 Å². The number of rotatable bonds is 2. The van der Waals surface area contributed by atoms with Crippen molar-refractivity contribution < 1.29 is 9.53 Å². The van der Waals surface area contributed by atoms with Crippen LogP contribution in [0, 0.1) is 0 Å². The van der Waals surface area contributed by atoms with E-state index < -0.39 is 0 Å². The predicted molar refractivity (Wildman–Crippen MR) is 91.4 cm³/mol. The van der Waals surface area contributed by atoms with E-state index in [0.717, 1.165) is 44.5 Å². The Morgan fingerprint density at radius 2 is 1.73 bits per heavy atom. The summed E-state index contributed by atoms with van der Waals surface area (Å²) in [7, 11) is 0. The van der Waals surface area contributed by atoms with E-state index in [-0.39, 0.29) is 17.7 Å². The van der Waals surface area contributed by atoms with Crippen LogP contribution in [0.1, 0.15) is 64.2 Å². The molecule has 0 aromatic heterocycles. The maximum absolute atomic E-state index is 12.3. The smallest absolute Gasteiger partial charge is 0.315 e. The van der Waals surface area contributed by atoms with E-state index in [2.05, 4.69) is 10.6 Å². The summed E-state index contributed by atoms with van der Waals surface area (Å²) in [5, 5.41) is 6.43. The Balaban J connectivity index is 1.44. The highest BCUT2D eigenvalue weighted by molar-refractivity contribution is 7.99. The quantitative estimate of drug-likeness (QED) is 0.817. The Hall–Kier alpha value is -0.420. The fourth-order valence-corrected chi connectivity index (χ4v) is 5.41. The highest BCUT2D eigenvalue weighted by atomic mass is 32.2. The van der Waals surface area contributed by atoms with Gasteiger partial charge in [-0.3, -0.25) is 0 Å². The number of hydrogen-bond donors (Lipinski definition) is 2. The third-order valence-corrected chi connectivity index (χ3v) is 6.56. The summed E-state index contributed by atoms with van der Waals surface area (Å²) in [4.78, 5) is 12.3. The molecular weight excluding hydrogens is 296 g/mol. The van der Waals surface area contributed by atoms with E-state index in [9.17, 15) is 4.79 Å². The van der Waals surface area contributed by atoms with Crippen molar-refractivity contribution >= 4 is 17.8 Å². The SMILES string of the molecule is O=C(NC1CCCCCCC1)N[C@H]1CCO[C@@]2(CCSC2)C1. The van der Waals surface area contributed by atoms with Crippen molar-refractivity contribution in [3.8, 4) is 0 Å². The van der Waals surface area contributed by atoms with Crippen molar-refractivity contribution in [1.82, 2.24) is 10.6 Å². The molecule has 1 aliphatic carbocycles. The predicted octanol–water partition coefficient (Wildman–Crippen LogP) is 3.45. The van der Waals surface area contributed by atoms with Crippen LogP contribution in [0.15, 0.2) is 0 Å². The van der Waals surface area contributed by atoms with E-state index in [1.165, 1.54) is 37.9 Å². The molecule has 2 N–H and O–H groups in total. The van der Waals surface area contributed by atoms with E-state index in [4.69, 9.17) is 4.74 Å². The van der Waals surface area contributed by atoms with Crippen LogP contribution in [0.2, 0.25) is 0 Å². The summed E-state index contributed by atoms with van der Waals surface area (Å²) < 4.78 is 6.03. The lowest BCUT2D eigenvalue weighted by atomic mass is 9.90. The zero-order valence-electron chi connectivity index (χ0n) is 13.6. The Labute approximate surface area is 138 Å². The Morgan fingerprint density at radius 1 is 1.00 bits per heavy atom. The first-order chi connectivity index (χ1) is 10.8. The van der Waals surface area contributed by atoms with Crippen molar-refractivity contribution in [3.05, 3.63) is 0 Å². The molecule has 5 heteroatoms. The molecule has 1 saturated carbocycles. The van der Waals surface area contributed by atoms with E-state index in [0.29, 0.717) is 6.04 Å². The Morgan fingerprint density at radius 3 is 2.45 bits per heavy atom. The number of carbonyl (C=O) groups is 1. The maximum atomic E-state index is 12.3. The summed E-state index contributed by atoms with van der Waals surface area (Å²) in [6.45, 7) is 0.787. The van der Waals surface area contributed by atoms with Gasteiger partial charge in [0.15, 0.2) is 0 Å². The highest BCUT2D eigenvalue weighted by Gasteiger charge is 2.40. The fourth-order valence-electron chi connectivity index (χ4n) is 4.03. The average Bonchev–Trinajstić information content (AvgIpc) is 2.89. The molecule has 0 radical (unpaired) electrons. The molecule has 3 aliphatic rings. The van der Waals surface area contributed by atoms with Gasteiger partial charge in [0.25, 0.3) is 0 Å². The minimum Gasteiger partial charge on any atom is -0.374 e. The molecule has 0 aromatic carbocycles. The lowest BCUT2D eigenvalue weighted by molar-refractivity contribution is -0.0684. The summed E-state index contributed by atoms with van der Waals surface area (Å²) >= 11 is 1.98. The molecule has 22 heavy (non-hydrogen) atoms. The van der Waals surface area contributed by atoms with Crippen LogP contribution in [0.25, 0.3) is 0 Å². The molecule has 2 saturated heterocycles. The molecule has 1 spiro atoms. The second-order valence-corrected chi connectivity index (χ2v) is 8.29. The number of amides is 2. The van der Waals surface area contributed by atoms with Gasteiger partial charge in [0, 0.05) is 24.4 Å². The van der Waals surface area contributed by atoms with E-state index in [1.807, 2.05) is 11.8 Å². The first-order valence-electron chi connectivity index (χ1n) is 9.05. The standard InChI is InChI=1S/C17H30N2O2S/c20-16(18-14-6-4-2-1-3-5-7-14)19-15-8-10-21-17(12-15)9-11-22-13-17/h14-15H,1-13H2,(H2,18,19,20)/t15-,17-/m0/s1. The van der Waals surface area contributed by atoms with E-state index in [1.54, 1.807) is 0 Å². The maximum Gasteiger partial charge on any atom is 0.315 e. The molecule has 0 bridgehead atoms. The molecule has 2 amide bonds. The van der Waals surface area contributed by atoms with Crippen LogP contribution in [0.3, 0.4) is 0 Å². The van der Waals surface area contributed by atoms with Crippen molar-refractivity contribution in [2.45, 2.75) is 81.9 Å². The molecule has 3 rings (SSSR count). The van der Waals surface area contributed by atoms with Crippen molar-refractivity contribution in [1.29, 1.82) is 0 Å². The minimum absolute atomic E-state index is 0.0401. The number of carbonyl (C=O) groups excluding carboxylic acids is 1. The van der Waals surface area contributed by atoms with Crippen LogP contribution in [-0.4, -0.2) is 41.8 Å². The molecule has 2 heterocycles. The van der Waals surface area contributed by atoms with Gasteiger partial charge in [-0.2, -0.15) is 11.8 Å². The summed E-state index contributed by atoms with van der Waals surface area (Å²) in [5.74, 6) is 2.29. The third kappa shape index (κ3) is 4.54. The fraction of sp³-hybridized carbons (Fsp3) is 0.941. The highest BCUT2D eigenvalue weighted by Crippen LogP contribution is 2.38. The third-order valence-electron chi connectivity index (χ3n) is 5.34. The number of ether oxygens (including phenoxy) is 1. The van der Waals surface area contributed by atoms with Gasteiger partial charge in [-0.15, -0.1) is 0 Å². The number of urea groups is 1. The Bertz CT molecular complexity index is 364. The molecule has 126 valence electrons. The van der Waals surface area contributed by atoms with Crippen LogP contribution >= 0.6 is 11.8 Å². The van der Waals surface area contributed by atoms with Crippen LogP contribution < -0.4 is 10.6 Å². The second-order valence-electron chi connectivity index (χ2n) is 7.18. The normalized spacial score (nSPS) is 34.1. The molecule has 0 aromatic rings. The summed E-state index contributed by atoms with van der Waals surface area (Å²) in [5.41, 5.74) is 0.0428. The average molecular weight is 327 g/mol. The molecular formula is C17H30N2O2S. The van der Waals surface area contributed by atoms with Gasteiger partial charge in [-0.05, 0) is 37.9 Å². The lowest BCUT2D eigenvalue weighted by Gasteiger charge is -2.38. The Kier molecular flexibility index (Phi) is 5.91. The monoisotopic (exact) mass is 326 g/mol. The first kappa shape index (κ1) is 16.4. The molecule has 2 aliphatic heterocycles. The van der Waals surface area contributed by atoms with Crippen LogP contribution in [0.4, 0.5) is 4.79 Å². The number of hydrogen-bond acceptors (Lipinski definition) is 3. The second kappa shape index (κ2) is 7.91. The van der Waals surface area contributed by atoms with Crippen molar-refractivity contribution in [2.24, 2.45) is 0 Å². The van der Waals surface area contributed by atoms with Gasteiger partial charge in [0.1, 0.15) is 0 Å². The summed E-state index contributed by atoms with van der Waals surface area (Å²) in [6.07, 6.45) is 11.9. The molecule has 0 unspecified atom stereocenters. The van der Waals surface area contributed by atoms with Gasteiger partial charge < -0.3 is 15.4 Å². The zero-order chi connectivity index (χ0) is 15.3. The largest absolute Gasteiger partial charge is 0.374 e. The number of thioether (sulfide) groups is 1. The minimum atomic E-state index is 0.0401. The zero-order valence-corrected chi connectivity index (χ0v) is 14.4. The molecule has 3 fully saturated rings. The van der Waals surface area contributed by atoms with Crippen LogP contribution in [-0.2, 0) is 4.74 Å². The van der Waals surface area contributed by atoms with Gasteiger partial charge in [-0.25, -0.2) is 4.79 Å². The first-order valence-corrected chi connectivity index (χ1v) is 10.2. The number of nitrogens with one attached hydrogen (secondary N) is 2. The van der Waals surface area contributed by atoms with E-state index >= 15 is 0 Å². The van der Waals surface area contributed by atoms with Crippen molar-refractivity contribution in [3.63, 3.8) is 0 Å². The van der Waals surface area contributed by atoms with Crippen molar-refractivity contribution in [2.75, 3.05) is 18.1 Å². The van der Waals surface area contributed by atoms with Gasteiger partial charge in [-0.1, -0.05) is 32.1 Å². The van der Waals surface area contributed by atoms with Gasteiger partial charge >= 0.3 is 6.03 Å². The van der Waals surface area contributed by atoms with Crippen LogP contribution in [0.5, 0.6) is 0 Å². The lowest BCUT2D eigenvalue weighted by Crippen LogP contribution is -2.52. The topological polar surface area (TPSA) is 50.4 Å². The summed E-state index contributed by atoms with van der Waals surface area (Å²) in [6, 6.07) is 0.690. The molecule has 2 atom stereocenters.